The van der Waals surface area contributed by atoms with Gasteiger partial charge >= 0.3 is 0 Å². The van der Waals surface area contributed by atoms with Crippen molar-refractivity contribution in [2.24, 2.45) is 0 Å². The number of hydrogen-bond donors (Lipinski definition) is 2. The van der Waals surface area contributed by atoms with Crippen molar-refractivity contribution >= 4 is 22.9 Å². The molecule has 0 radical (unpaired) electrons. The van der Waals surface area contributed by atoms with Crippen LogP contribution in [0.25, 0.3) is 0 Å². The third kappa shape index (κ3) is 3.94. The summed E-state index contributed by atoms with van der Waals surface area (Å²) in [6.07, 6.45) is 0.977. The van der Waals surface area contributed by atoms with Crippen LogP contribution >= 0.6 is 11.3 Å². The summed E-state index contributed by atoms with van der Waals surface area (Å²) in [4.78, 5) is 13.6. The topological polar surface area (TPSA) is 49.3 Å². The first kappa shape index (κ1) is 15.3. The van der Waals surface area contributed by atoms with Gasteiger partial charge in [0.15, 0.2) is 0 Å². The van der Waals surface area contributed by atoms with E-state index in [-0.39, 0.29) is 12.5 Å². The minimum atomic E-state index is -0.178. The molecule has 0 unspecified atom stereocenters. The average Bonchev–Trinajstić information content (AvgIpc) is 2.87. The van der Waals surface area contributed by atoms with Gasteiger partial charge in [0.2, 0.25) is 0 Å². The van der Waals surface area contributed by atoms with Crippen LogP contribution in [0.15, 0.2) is 30.3 Å². The summed E-state index contributed by atoms with van der Waals surface area (Å²) < 4.78 is 0. The fourth-order valence-electron chi connectivity index (χ4n) is 1.85. The number of carbonyl (C=O) groups is 1. The maximum absolute atomic E-state index is 12.2. The minimum Gasteiger partial charge on any atom is -0.384 e. The van der Waals surface area contributed by atoms with E-state index in [0.717, 1.165) is 22.5 Å². The molecule has 1 amide bonds. The van der Waals surface area contributed by atoms with E-state index in [9.17, 15) is 4.79 Å². The molecule has 0 spiro atoms. The van der Waals surface area contributed by atoms with E-state index in [2.05, 4.69) is 24.1 Å². The number of nitrogens with one attached hydrogen (secondary N) is 1. The quantitative estimate of drug-likeness (QED) is 0.855. The Labute approximate surface area is 128 Å². The fourth-order valence-corrected chi connectivity index (χ4v) is 2.80. The summed E-state index contributed by atoms with van der Waals surface area (Å²) in [7, 11) is 0. The van der Waals surface area contributed by atoms with Gasteiger partial charge in [-0.05, 0) is 42.7 Å². The van der Waals surface area contributed by atoms with Gasteiger partial charge in [-0.15, -0.1) is 11.3 Å². The van der Waals surface area contributed by atoms with Gasteiger partial charge in [-0.2, -0.15) is 0 Å². The molecule has 0 aliphatic heterocycles. The lowest BCUT2D eigenvalue weighted by molar-refractivity contribution is 0.103. The first-order valence-electron chi connectivity index (χ1n) is 6.74. The van der Waals surface area contributed by atoms with Crippen LogP contribution in [0, 0.1) is 18.8 Å². The molecule has 0 aliphatic rings. The van der Waals surface area contributed by atoms with E-state index in [1.54, 1.807) is 0 Å². The molecule has 2 rings (SSSR count). The van der Waals surface area contributed by atoms with Crippen LogP contribution in [0.2, 0.25) is 0 Å². The smallest absolute Gasteiger partial charge is 0.265 e. The van der Waals surface area contributed by atoms with Gasteiger partial charge in [0.05, 0.1) is 9.75 Å². The van der Waals surface area contributed by atoms with Crippen molar-refractivity contribution in [3.05, 3.63) is 51.2 Å². The largest absolute Gasteiger partial charge is 0.384 e. The van der Waals surface area contributed by atoms with Crippen molar-refractivity contribution in [2.75, 3.05) is 11.9 Å². The summed E-state index contributed by atoms with van der Waals surface area (Å²) in [6, 6.07) is 9.65. The van der Waals surface area contributed by atoms with Crippen molar-refractivity contribution in [3.63, 3.8) is 0 Å². The monoisotopic (exact) mass is 299 g/mol. The second-order valence-electron chi connectivity index (χ2n) is 4.59. The number of benzene rings is 1. The zero-order valence-electron chi connectivity index (χ0n) is 12.1. The summed E-state index contributed by atoms with van der Waals surface area (Å²) in [5, 5.41) is 11.6. The highest BCUT2D eigenvalue weighted by molar-refractivity contribution is 7.14. The van der Waals surface area contributed by atoms with Crippen LogP contribution in [-0.4, -0.2) is 17.6 Å². The highest BCUT2D eigenvalue weighted by atomic mass is 32.1. The molecule has 0 saturated heterocycles. The van der Waals surface area contributed by atoms with Crippen molar-refractivity contribution < 1.29 is 9.90 Å². The summed E-state index contributed by atoms with van der Waals surface area (Å²) in [5.41, 5.74) is 2.97. The van der Waals surface area contributed by atoms with Gasteiger partial charge in [-0.25, -0.2) is 0 Å². The lowest BCUT2D eigenvalue weighted by Crippen LogP contribution is -2.09. The lowest BCUT2D eigenvalue weighted by atomic mass is 10.1. The number of anilines is 1. The molecule has 0 bridgehead atoms. The fraction of sp³-hybridized carbons (Fsp3) is 0.235. The first-order chi connectivity index (χ1) is 10.1. The molecule has 1 aromatic carbocycles. The van der Waals surface area contributed by atoms with Crippen LogP contribution < -0.4 is 5.32 Å². The molecule has 2 aromatic rings. The van der Waals surface area contributed by atoms with E-state index in [4.69, 9.17) is 5.11 Å². The molecule has 0 aliphatic carbocycles. The molecule has 1 heterocycles. The van der Waals surface area contributed by atoms with Crippen LogP contribution in [0.3, 0.4) is 0 Å². The Hall–Kier alpha value is -2.09. The Morgan fingerprint density at radius 2 is 2.05 bits per heavy atom. The van der Waals surface area contributed by atoms with Crippen molar-refractivity contribution in [2.45, 2.75) is 20.3 Å². The number of aryl methyl sites for hydroxylation is 2. The van der Waals surface area contributed by atoms with Gasteiger partial charge < -0.3 is 10.4 Å². The lowest BCUT2D eigenvalue weighted by Gasteiger charge is -2.04. The van der Waals surface area contributed by atoms with E-state index in [1.165, 1.54) is 16.9 Å². The van der Waals surface area contributed by atoms with Crippen molar-refractivity contribution in [1.29, 1.82) is 0 Å². The number of aliphatic hydroxyl groups is 1. The first-order valence-corrected chi connectivity index (χ1v) is 7.56. The highest BCUT2D eigenvalue weighted by Crippen LogP contribution is 2.22. The van der Waals surface area contributed by atoms with Crippen LogP contribution in [-0.2, 0) is 6.42 Å². The predicted molar refractivity (Wildman–Crippen MR) is 86.8 cm³/mol. The third-order valence-corrected chi connectivity index (χ3v) is 4.19. The summed E-state index contributed by atoms with van der Waals surface area (Å²) in [6.45, 7) is 3.82. The van der Waals surface area contributed by atoms with E-state index >= 15 is 0 Å². The Bertz CT molecular complexity index is 690. The van der Waals surface area contributed by atoms with Crippen molar-refractivity contribution in [1.82, 2.24) is 0 Å². The maximum atomic E-state index is 12.2. The van der Waals surface area contributed by atoms with E-state index in [0.29, 0.717) is 4.88 Å². The molecule has 2 N–H and O–H groups in total. The van der Waals surface area contributed by atoms with Gasteiger partial charge in [0.25, 0.3) is 5.91 Å². The minimum absolute atomic E-state index is 0.135. The Balaban J connectivity index is 2.12. The predicted octanol–water partition coefficient (Wildman–Crippen LogP) is 3.22. The average molecular weight is 299 g/mol. The zero-order chi connectivity index (χ0) is 15.2. The second-order valence-corrected chi connectivity index (χ2v) is 5.64. The molecule has 0 saturated carbocycles. The number of amides is 1. The maximum Gasteiger partial charge on any atom is 0.265 e. The third-order valence-electron chi connectivity index (χ3n) is 3.04. The van der Waals surface area contributed by atoms with Gasteiger partial charge in [-0.1, -0.05) is 30.9 Å². The molecule has 21 heavy (non-hydrogen) atoms. The normalized spacial score (nSPS) is 9.86. The molecule has 0 fully saturated rings. The molecule has 108 valence electrons. The molecule has 3 nitrogen and oxygen atoms in total. The van der Waals surface area contributed by atoms with Crippen LogP contribution in [0.5, 0.6) is 0 Å². The molecular weight excluding hydrogens is 282 g/mol. The summed E-state index contributed by atoms with van der Waals surface area (Å²) >= 11 is 1.34. The number of hydrogen-bond acceptors (Lipinski definition) is 3. The van der Waals surface area contributed by atoms with Gasteiger partial charge in [0, 0.05) is 5.69 Å². The number of thiophene rings is 1. The second kappa shape index (κ2) is 7.07. The highest BCUT2D eigenvalue weighted by Gasteiger charge is 2.11. The Morgan fingerprint density at radius 1 is 1.33 bits per heavy atom. The molecule has 1 aromatic heterocycles. The Morgan fingerprint density at radius 3 is 2.67 bits per heavy atom. The molecule has 0 atom stereocenters. The van der Waals surface area contributed by atoms with E-state index < -0.39 is 0 Å². The van der Waals surface area contributed by atoms with Crippen LogP contribution in [0.4, 0.5) is 5.69 Å². The zero-order valence-corrected chi connectivity index (χ0v) is 12.9. The number of aliphatic hydroxyl groups excluding tert-OH is 1. The van der Waals surface area contributed by atoms with E-state index in [1.807, 2.05) is 37.3 Å². The van der Waals surface area contributed by atoms with Gasteiger partial charge in [-0.3, -0.25) is 4.79 Å². The van der Waals surface area contributed by atoms with Gasteiger partial charge in [0.1, 0.15) is 6.61 Å². The standard InChI is InChI=1S/C17H17NO2S/c1-3-13-6-8-14(9-7-13)18-17(20)16-11-12(2)15(21-16)5-4-10-19/h6-9,11,19H,3,10H2,1-2H3,(H,18,20). The molecule has 4 heteroatoms. The molecular formula is C17H17NO2S. The number of rotatable bonds is 3. The van der Waals surface area contributed by atoms with Crippen LogP contribution in [0.1, 0.15) is 32.6 Å². The van der Waals surface area contributed by atoms with Crippen molar-refractivity contribution in [3.8, 4) is 11.8 Å². The number of carbonyl (C=O) groups excluding carboxylic acids is 1. The Kier molecular flexibility index (Phi) is 5.15. The SMILES string of the molecule is CCc1ccc(NC(=O)c2cc(C)c(C#CCO)s2)cc1. The summed E-state index contributed by atoms with van der Waals surface area (Å²) in [5.74, 6) is 5.32.